The van der Waals surface area contributed by atoms with Gasteiger partial charge in [0, 0.05) is 0 Å². The van der Waals surface area contributed by atoms with Gasteiger partial charge in [0.1, 0.15) is 0 Å². The highest BCUT2D eigenvalue weighted by Gasteiger charge is 1.95. The lowest BCUT2D eigenvalue weighted by Crippen LogP contribution is -1.88. The van der Waals surface area contributed by atoms with Crippen LogP contribution in [0.25, 0.3) is 0 Å². The van der Waals surface area contributed by atoms with Crippen LogP contribution in [-0.4, -0.2) is 0 Å². The second-order valence-electron chi connectivity index (χ2n) is 5.88. The Hall–Kier alpha value is -2.16. The first-order valence-electron chi connectivity index (χ1n) is 8.66. The molecule has 0 saturated carbocycles. The zero-order valence-corrected chi connectivity index (χ0v) is 14.3. The molecule has 0 aliphatic carbocycles. The van der Waals surface area contributed by atoms with Crippen LogP contribution in [-0.2, 0) is 12.8 Å². The van der Waals surface area contributed by atoms with Crippen LogP contribution in [0.2, 0.25) is 0 Å². The Morgan fingerprint density at radius 3 is 1.78 bits per heavy atom. The van der Waals surface area contributed by atoms with Gasteiger partial charge in [-0.3, -0.25) is 5.43 Å². The molecule has 2 aromatic carbocycles. The van der Waals surface area contributed by atoms with Gasteiger partial charge in [-0.25, -0.2) is 0 Å². The van der Waals surface area contributed by atoms with Crippen molar-refractivity contribution in [3.05, 3.63) is 59.7 Å². The number of nitrogens with zero attached hydrogens (tertiary/aromatic N) is 2. The maximum Gasteiger partial charge on any atom is 0.0874 e. The van der Waals surface area contributed by atoms with E-state index in [4.69, 9.17) is 0 Å². The van der Waals surface area contributed by atoms with E-state index in [0.29, 0.717) is 0 Å². The van der Waals surface area contributed by atoms with E-state index in [2.05, 4.69) is 66.0 Å². The Bertz CT molecular complexity index is 585. The van der Waals surface area contributed by atoms with Crippen LogP contribution in [0.5, 0.6) is 0 Å². The summed E-state index contributed by atoms with van der Waals surface area (Å²) < 4.78 is 0. The fourth-order valence-electron chi connectivity index (χ4n) is 2.38. The van der Waals surface area contributed by atoms with Gasteiger partial charge in [-0.15, -0.1) is 5.11 Å². The smallest absolute Gasteiger partial charge is 0.0874 e. The fraction of sp³-hybridized carbons (Fsp3) is 0.400. The van der Waals surface area contributed by atoms with E-state index in [1.54, 1.807) is 0 Å². The van der Waals surface area contributed by atoms with E-state index in [1.807, 2.05) is 12.1 Å². The lowest BCUT2D eigenvalue weighted by Gasteiger charge is -2.03. The Labute approximate surface area is 139 Å². The number of rotatable bonds is 9. The van der Waals surface area contributed by atoms with Gasteiger partial charge < -0.3 is 0 Å². The van der Waals surface area contributed by atoms with Crippen molar-refractivity contribution in [3.8, 4) is 0 Å². The molecule has 0 spiro atoms. The summed E-state index contributed by atoms with van der Waals surface area (Å²) in [5.74, 6) is 0. The molecule has 0 heterocycles. The molecule has 1 N–H and O–H groups in total. The third kappa shape index (κ3) is 6.23. The second kappa shape index (κ2) is 9.78. The summed E-state index contributed by atoms with van der Waals surface area (Å²) in [5.41, 5.74) is 7.56. The van der Waals surface area contributed by atoms with Crippen molar-refractivity contribution in [2.24, 2.45) is 10.3 Å². The first-order valence-corrected chi connectivity index (χ1v) is 8.66. The van der Waals surface area contributed by atoms with Crippen LogP contribution >= 0.6 is 0 Å². The van der Waals surface area contributed by atoms with Gasteiger partial charge in [0.2, 0.25) is 0 Å². The highest BCUT2D eigenvalue weighted by Crippen LogP contribution is 2.16. The van der Waals surface area contributed by atoms with E-state index in [9.17, 15) is 0 Å². The van der Waals surface area contributed by atoms with Crippen molar-refractivity contribution in [2.45, 2.75) is 52.4 Å². The van der Waals surface area contributed by atoms with Crippen LogP contribution in [0, 0.1) is 0 Å². The Morgan fingerprint density at radius 1 is 0.739 bits per heavy atom. The maximum atomic E-state index is 4.21. The van der Waals surface area contributed by atoms with Gasteiger partial charge in [0.25, 0.3) is 0 Å². The fourth-order valence-corrected chi connectivity index (χ4v) is 2.38. The zero-order valence-electron chi connectivity index (χ0n) is 14.3. The number of anilines is 1. The van der Waals surface area contributed by atoms with Crippen LogP contribution in [0.1, 0.15) is 50.7 Å². The number of nitrogens with one attached hydrogen (secondary N) is 1. The van der Waals surface area contributed by atoms with Crippen molar-refractivity contribution in [2.75, 3.05) is 5.43 Å². The molecule has 3 heteroatoms. The Balaban J connectivity index is 1.83. The first kappa shape index (κ1) is 17.2. The Morgan fingerprint density at radius 2 is 1.26 bits per heavy atom. The molecule has 3 nitrogen and oxygen atoms in total. The normalized spacial score (nSPS) is 11.0. The first-order chi connectivity index (χ1) is 11.3. The van der Waals surface area contributed by atoms with E-state index in [0.717, 1.165) is 24.2 Å². The molecule has 2 rings (SSSR count). The molecule has 0 aromatic heterocycles. The maximum absolute atomic E-state index is 4.21. The van der Waals surface area contributed by atoms with E-state index in [-0.39, 0.29) is 0 Å². The lowest BCUT2D eigenvalue weighted by atomic mass is 10.1. The van der Waals surface area contributed by atoms with Gasteiger partial charge in [-0.1, -0.05) is 56.2 Å². The summed E-state index contributed by atoms with van der Waals surface area (Å²) >= 11 is 0. The largest absolute Gasteiger partial charge is 0.260 e. The molecule has 0 bridgehead atoms. The van der Waals surface area contributed by atoms with Crippen molar-refractivity contribution in [3.63, 3.8) is 0 Å². The molecule has 0 amide bonds. The van der Waals surface area contributed by atoms with Gasteiger partial charge in [-0.05, 0) is 61.1 Å². The minimum atomic E-state index is 0.873. The molecule has 2 aromatic rings. The summed E-state index contributed by atoms with van der Waals surface area (Å²) in [7, 11) is 0. The van der Waals surface area contributed by atoms with Crippen molar-refractivity contribution < 1.29 is 0 Å². The SMILES string of the molecule is CCCCc1ccc(N=NNc2ccc(CCCC)cc2)cc1. The monoisotopic (exact) mass is 309 g/mol. The predicted octanol–water partition coefficient (Wildman–Crippen LogP) is 6.48. The van der Waals surface area contributed by atoms with Crippen molar-refractivity contribution in [1.29, 1.82) is 0 Å². The molecule has 0 radical (unpaired) electrons. The average Bonchev–Trinajstić information content (AvgIpc) is 2.60. The lowest BCUT2D eigenvalue weighted by molar-refractivity contribution is 0.795. The third-order valence-corrected chi connectivity index (χ3v) is 3.87. The summed E-state index contributed by atoms with van der Waals surface area (Å²) in [6.07, 6.45) is 7.20. The van der Waals surface area contributed by atoms with Gasteiger partial charge in [-0.2, -0.15) is 0 Å². The molecule has 0 aliphatic rings. The molecule has 0 saturated heterocycles. The van der Waals surface area contributed by atoms with E-state index in [1.165, 1.54) is 36.8 Å². The summed E-state index contributed by atoms with van der Waals surface area (Å²) in [6, 6.07) is 16.7. The molecular formula is C20H27N3. The quantitative estimate of drug-likeness (QED) is 0.417. The van der Waals surface area contributed by atoms with Gasteiger partial charge >= 0.3 is 0 Å². The minimum absolute atomic E-state index is 0.873. The molecular weight excluding hydrogens is 282 g/mol. The van der Waals surface area contributed by atoms with Crippen LogP contribution < -0.4 is 5.43 Å². The van der Waals surface area contributed by atoms with E-state index < -0.39 is 0 Å². The molecule has 0 atom stereocenters. The van der Waals surface area contributed by atoms with Crippen LogP contribution in [0.4, 0.5) is 11.4 Å². The second-order valence-corrected chi connectivity index (χ2v) is 5.88. The molecule has 23 heavy (non-hydrogen) atoms. The Kier molecular flexibility index (Phi) is 7.31. The summed E-state index contributed by atoms with van der Waals surface area (Å²) in [5, 5.41) is 8.28. The number of unbranched alkanes of at least 4 members (excludes halogenated alkanes) is 2. The highest BCUT2D eigenvalue weighted by atomic mass is 15.4. The topological polar surface area (TPSA) is 36.8 Å². The molecule has 0 aliphatic heterocycles. The zero-order chi connectivity index (χ0) is 16.3. The molecule has 122 valence electrons. The summed E-state index contributed by atoms with van der Waals surface area (Å²) in [4.78, 5) is 0. The molecule has 0 unspecified atom stereocenters. The van der Waals surface area contributed by atoms with Crippen LogP contribution in [0.15, 0.2) is 58.9 Å². The van der Waals surface area contributed by atoms with Crippen LogP contribution in [0.3, 0.4) is 0 Å². The van der Waals surface area contributed by atoms with E-state index >= 15 is 0 Å². The highest BCUT2D eigenvalue weighted by molar-refractivity contribution is 5.44. The number of benzene rings is 2. The number of aryl methyl sites for hydroxylation is 2. The van der Waals surface area contributed by atoms with Gasteiger partial charge in [0.05, 0.1) is 11.4 Å². The standard InChI is InChI=1S/C20H27N3/c1-3-5-7-17-9-13-19(14-10-17)21-23-22-20-15-11-18(12-16-20)8-6-4-2/h9-16H,3-8H2,1-2H3,(H,21,22). The molecule has 0 fully saturated rings. The van der Waals surface area contributed by atoms with Crippen molar-refractivity contribution in [1.82, 2.24) is 0 Å². The average molecular weight is 309 g/mol. The number of hydrogen-bond acceptors (Lipinski definition) is 2. The summed E-state index contributed by atoms with van der Waals surface area (Å²) in [6.45, 7) is 4.43. The van der Waals surface area contributed by atoms with Crippen molar-refractivity contribution >= 4 is 11.4 Å². The van der Waals surface area contributed by atoms with Gasteiger partial charge in [0.15, 0.2) is 0 Å². The third-order valence-electron chi connectivity index (χ3n) is 3.87. The minimum Gasteiger partial charge on any atom is -0.260 e. The number of hydrogen-bond donors (Lipinski definition) is 1. The predicted molar refractivity (Wildman–Crippen MR) is 98.2 cm³/mol.